The van der Waals surface area contributed by atoms with Crippen molar-refractivity contribution in [2.24, 2.45) is 5.92 Å². The molecular formula is C12H21NO2. The maximum atomic E-state index is 12.2. The van der Waals surface area contributed by atoms with Crippen LogP contribution in [0, 0.1) is 5.92 Å². The molecule has 2 rings (SSSR count). The van der Waals surface area contributed by atoms with E-state index in [0.717, 1.165) is 32.2 Å². The van der Waals surface area contributed by atoms with Crippen LogP contribution < -0.4 is 0 Å². The molecule has 0 aromatic carbocycles. The predicted octanol–water partition coefficient (Wildman–Crippen LogP) is 1.55. The highest BCUT2D eigenvalue weighted by Gasteiger charge is 2.32. The van der Waals surface area contributed by atoms with Crippen LogP contribution in [0.2, 0.25) is 0 Å². The van der Waals surface area contributed by atoms with Gasteiger partial charge in [0.2, 0.25) is 5.91 Å². The highest BCUT2D eigenvalue weighted by atomic mass is 16.3. The van der Waals surface area contributed by atoms with E-state index in [1.807, 2.05) is 4.90 Å². The summed E-state index contributed by atoms with van der Waals surface area (Å²) in [4.78, 5) is 14.1. The molecule has 1 amide bonds. The summed E-state index contributed by atoms with van der Waals surface area (Å²) in [6.07, 6.45) is 7.86. The van der Waals surface area contributed by atoms with Gasteiger partial charge in [-0.25, -0.2) is 0 Å². The lowest BCUT2D eigenvalue weighted by molar-refractivity contribution is -0.138. The van der Waals surface area contributed by atoms with Crippen LogP contribution in [0.15, 0.2) is 0 Å². The summed E-state index contributed by atoms with van der Waals surface area (Å²) in [6.45, 7) is 0.999. The van der Waals surface area contributed by atoms with Crippen molar-refractivity contribution >= 4 is 5.91 Å². The number of hydrogen-bond donors (Lipinski definition) is 1. The molecule has 0 radical (unpaired) electrons. The van der Waals surface area contributed by atoms with Gasteiger partial charge < -0.3 is 10.0 Å². The van der Waals surface area contributed by atoms with Gasteiger partial charge in [0.15, 0.2) is 0 Å². The van der Waals surface area contributed by atoms with Crippen LogP contribution in [0.5, 0.6) is 0 Å². The molecule has 1 heterocycles. The molecule has 0 unspecified atom stereocenters. The van der Waals surface area contributed by atoms with Crippen molar-refractivity contribution < 1.29 is 9.90 Å². The first-order valence-electron chi connectivity index (χ1n) is 6.24. The van der Waals surface area contributed by atoms with E-state index in [1.54, 1.807) is 0 Å². The van der Waals surface area contributed by atoms with E-state index in [9.17, 15) is 9.90 Å². The minimum Gasteiger partial charge on any atom is -0.394 e. The number of carbonyl (C=O) groups is 1. The Hall–Kier alpha value is -0.570. The van der Waals surface area contributed by atoms with Gasteiger partial charge in [-0.1, -0.05) is 19.3 Å². The summed E-state index contributed by atoms with van der Waals surface area (Å²) in [5, 5.41) is 9.19. The van der Waals surface area contributed by atoms with Crippen molar-refractivity contribution in [1.82, 2.24) is 4.90 Å². The van der Waals surface area contributed by atoms with Crippen molar-refractivity contribution in [1.29, 1.82) is 0 Å². The Balaban J connectivity index is 1.93. The Bertz CT molecular complexity index is 224. The molecule has 1 aliphatic carbocycles. The van der Waals surface area contributed by atoms with Gasteiger partial charge in [0.25, 0.3) is 0 Å². The molecule has 0 spiro atoms. The largest absolute Gasteiger partial charge is 0.394 e. The minimum absolute atomic E-state index is 0.111. The first-order valence-corrected chi connectivity index (χ1v) is 6.24. The Labute approximate surface area is 91.5 Å². The molecule has 15 heavy (non-hydrogen) atoms. The molecule has 1 saturated carbocycles. The third kappa shape index (κ3) is 2.33. The smallest absolute Gasteiger partial charge is 0.226 e. The van der Waals surface area contributed by atoms with E-state index in [4.69, 9.17) is 0 Å². The van der Waals surface area contributed by atoms with Gasteiger partial charge in [-0.3, -0.25) is 4.79 Å². The SMILES string of the molecule is O=C(C1CCCCC1)N1CCC[C@H]1CO. The first kappa shape index (κ1) is 10.9. The number of nitrogens with zero attached hydrogens (tertiary/aromatic N) is 1. The van der Waals surface area contributed by atoms with Crippen LogP contribution in [-0.4, -0.2) is 35.1 Å². The van der Waals surface area contributed by atoms with Gasteiger partial charge in [-0.05, 0) is 25.7 Å². The number of hydrogen-bond acceptors (Lipinski definition) is 2. The average Bonchev–Trinajstić information content (AvgIpc) is 2.77. The second-order valence-corrected chi connectivity index (χ2v) is 4.85. The summed E-state index contributed by atoms with van der Waals surface area (Å²) in [5.41, 5.74) is 0. The van der Waals surface area contributed by atoms with E-state index in [0.29, 0.717) is 5.91 Å². The number of carbonyl (C=O) groups excluding carboxylic acids is 1. The lowest BCUT2D eigenvalue weighted by Crippen LogP contribution is -2.41. The summed E-state index contributed by atoms with van der Waals surface area (Å²) >= 11 is 0. The number of likely N-dealkylation sites (tertiary alicyclic amines) is 1. The predicted molar refractivity (Wildman–Crippen MR) is 58.4 cm³/mol. The molecule has 1 N–H and O–H groups in total. The van der Waals surface area contributed by atoms with Crippen molar-refractivity contribution in [3.63, 3.8) is 0 Å². The van der Waals surface area contributed by atoms with Crippen LogP contribution in [0.25, 0.3) is 0 Å². The van der Waals surface area contributed by atoms with Crippen LogP contribution >= 0.6 is 0 Å². The van der Waals surface area contributed by atoms with Crippen LogP contribution in [0.4, 0.5) is 0 Å². The summed E-state index contributed by atoms with van der Waals surface area (Å²) in [7, 11) is 0. The fraction of sp³-hybridized carbons (Fsp3) is 0.917. The zero-order chi connectivity index (χ0) is 10.7. The second-order valence-electron chi connectivity index (χ2n) is 4.85. The molecule has 3 heteroatoms. The van der Waals surface area contributed by atoms with E-state index >= 15 is 0 Å². The van der Waals surface area contributed by atoms with E-state index in [2.05, 4.69) is 0 Å². The Morgan fingerprint density at radius 2 is 1.87 bits per heavy atom. The van der Waals surface area contributed by atoms with Crippen LogP contribution in [0.3, 0.4) is 0 Å². The number of aliphatic hydroxyl groups excluding tert-OH is 1. The van der Waals surface area contributed by atoms with Crippen molar-refractivity contribution in [2.75, 3.05) is 13.2 Å². The zero-order valence-corrected chi connectivity index (χ0v) is 9.32. The fourth-order valence-electron chi connectivity index (χ4n) is 2.90. The standard InChI is InChI=1S/C12H21NO2/c14-9-11-7-4-8-13(11)12(15)10-5-2-1-3-6-10/h10-11,14H,1-9H2/t11-/m0/s1. The highest BCUT2D eigenvalue weighted by molar-refractivity contribution is 5.79. The van der Waals surface area contributed by atoms with Gasteiger partial charge in [-0.15, -0.1) is 0 Å². The van der Waals surface area contributed by atoms with Crippen LogP contribution in [0.1, 0.15) is 44.9 Å². The summed E-state index contributed by atoms with van der Waals surface area (Å²) < 4.78 is 0. The molecule has 2 aliphatic rings. The topological polar surface area (TPSA) is 40.5 Å². The Morgan fingerprint density at radius 3 is 2.53 bits per heavy atom. The lowest BCUT2D eigenvalue weighted by Gasteiger charge is -2.29. The van der Waals surface area contributed by atoms with Gasteiger partial charge in [0.1, 0.15) is 0 Å². The number of rotatable bonds is 2. The number of aliphatic hydroxyl groups is 1. The summed E-state index contributed by atoms with van der Waals surface area (Å²) in [6, 6.07) is 0.111. The van der Waals surface area contributed by atoms with Gasteiger partial charge in [0, 0.05) is 12.5 Å². The molecule has 0 aromatic rings. The quantitative estimate of drug-likeness (QED) is 0.753. The molecule has 86 valence electrons. The lowest BCUT2D eigenvalue weighted by atomic mass is 9.88. The van der Waals surface area contributed by atoms with Crippen LogP contribution in [-0.2, 0) is 4.79 Å². The molecule has 0 aromatic heterocycles. The van der Waals surface area contributed by atoms with Crippen molar-refractivity contribution in [3.8, 4) is 0 Å². The Kier molecular flexibility index (Phi) is 3.62. The van der Waals surface area contributed by atoms with Crippen molar-refractivity contribution in [2.45, 2.75) is 51.0 Å². The minimum atomic E-state index is 0.111. The third-order valence-corrected chi connectivity index (χ3v) is 3.83. The fourth-order valence-corrected chi connectivity index (χ4v) is 2.90. The number of amides is 1. The first-order chi connectivity index (χ1) is 7.33. The molecule has 2 fully saturated rings. The maximum absolute atomic E-state index is 12.2. The maximum Gasteiger partial charge on any atom is 0.226 e. The van der Waals surface area contributed by atoms with Gasteiger partial charge in [-0.2, -0.15) is 0 Å². The summed E-state index contributed by atoms with van der Waals surface area (Å²) in [5.74, 6) is 0.567. The molecular weight excluding hydrogens is 190 g/mol. The molecule has 1 atom stereocenters. The second kappa shape index (κ2) is 4.97. The normalized spacial score (nSPS) is 28.3. The van der Waals surface area contributed by atoms with Gasteiger partial charge >= 0.3 is 0 Å². The molecule has 1 aliphatic heterocycles. The van der Waals surface area contributed by atoms with Crippen molar-refractivity contribution in [3.05, 3.63) is 0 Å². The monoisotopic (exact) mass is 211 g/mol. The van der Waals surface area contributed by atoms with E-state index < -0.39 is 0 Å². The Morgan fingerprint density at radius 1 is 1.13 bits per heavy atom. The van der Waals surface area contributed by atoms with E-state index in [1.165, 1.54) is 19.3 Å². The molecule has 0 bridgehead atoms. The van der Waals surface area contributed by atoms with Gasteiger partial charge in [0.05, 0.1) is 12.6 Å². The average molecular weight is 211 g/mol. The highest BCUT2D eigenvalue weighted by Crippen LogP contribution is 2.28. The zero-order valence-electron chi connectivity index (χ0n) is 9.32. The molecule has 3 nitrogen and oxygen atoms in total. The third-order valence-electron chi connectivity index (χ3n) is 3.83. The molecule has 1 saturated heterocycles. The van der Waals surface area contributed by atoms with E-state index in [-0.39, 0.29) is 18.6 Å².